The minimum atomic E-state index is 0.225. The molecule has 12 heavy (non-hydrogen) atoms. The van der Waals surface area contributed by atoms with Crippen molar-refractivity contribution < 1.29 is 0 Å². The molecule has 0 radical (unpaired) electrons. The molecule has 4 aliphatic rings. The highest BCUT2D eigenvalue weighted by atomic mass is 15.0. The van der Waals surface area contributed by atoms with Crippen LogP contribution < -0.4 is 11.1 Å². The van der Waals surface area contributed by atoms with Crippen molar-refractivity contribution in [2.45, 2.75) is 31.2 Å². The first-order valence-electron chi connectivity index (χ1n) is 5.29. The molecule has 0 aromatic heterocycles. The van der Waals surface area contributed by atoms with E-state index in [1.807, 2.05) is 0 Å². The molecule has 4 rings (SSSR count). The van der Waals surface area contributed by atoms with Gasteiger partial charge in [-0.1, -0.05) is 0 Å². The second-order valence-electron chi connectivity index (χ2n) is 5.00. The highest BCUT2D eigenvalue weighted by Gasteiger charge is 2.52. The van der Waals surface area contributed by atoms with Crippen molar-refractivity contribution in [2.75, 3.05) is 13.1 Å². The fourth-order valence-corrected chi connectivity index (χ4v) is 3.80. The van der Waals surface area contributed by atoms with Gasteiger partial charge in [-0.15, -0.1) is 0 Å². The molecule has 2 nitrogen and oxygen atoms in total. The Morgan fingerprint density at radius 3 is 2.58 bits per heavy atom. The van der Waals surface area contributed by atoms with Crippen LogP contribution >= 0.6 is 0 Å². The molecule has 4 fully saturated rings. The predicted molar refractivity (Wildman–Crippen MR) is 48.7 cm³/mol. The zero-order valence-electron chi connectivity index (χ0n) is 7.55. The smallest absolute Gasteiger partial charge is 0.0198 e. The molecule has 3 saturated carbocycles. The summed E-state index contributed by atoms with van der Waals surface area (Å²) in [6, 6.07) is 0. The Morgan fingerprint density at radius 2 is 1.92 bits per heavy atom. The van der Waals surface area contributed by atoms with Gasteiger partial charge >= 0.3 is 0 Å². The second kappa shape index (κ2) is 2.24. The van der Waals surface area contributed by atoms with Gasteiger partial charge in [0.1, 0.15) is 0 Å². The molecule has 1 saturated heterocycles. The molecule has 2 heteroatoms. The number of fused-ring (bicyclic) bond motifs is 2. The Kier molecular flexibility index (Phi) is 1.37. The number of nitrogens with one attached hydrogen (secondary N) is 1. The lowest BCUT2D eigenvalue weighted by molar-refractivity contribution is 0.0317. The molecule has 0 aromatic rings. The lowest BCUT2D eigenvalue weighted by Gasteiger charge is -2.52. The average molecular weight is 166 g/mol. The quantitative estimate of drug-likeness (QED) is 0.556. The van der Waals surface area contributed by atoms with Crippen LogP contribution in [0.3, 0.4) is 0 Å². The second-order valence-corrected chi connectivity index (χ2v) is 5.00. The van der Waals surface area contributed by atoms with Gasteiger partial charge in [-0.25, -0.2) is 0 Å². The zero-order chi connectivity index (χ0) is 8.18. The normalized spacial score (nSPS) is 57.2. The van der Waals surface area contributed by atoms with Crippen molar-refractivity contribution in [3.8, 4) is 0 Å². The topological polar surface area (TPSA) is 38.0 Å². The van der Waals surface area contributed by atoms with Gasteiger partial charge in [-0.05, 0) is 50.0 Å². The van der Waals surface area contributed by atoms with E-state index >= 15 is 0 Å². The van der Waals surface area contributed by atoms with Crippen LogP contribution in [0.1, 0.15) is 25.7 Å². The lowest BCUT2D eigenvalue weighted by atomic mass is 9.56. The first kappa shape index (κ1) is 7.34. The Labute approximate surface area is 73.9 Å². The highest BCUT2D eigenvalue weighted by molar-refractivity contribution is 5.08. The first-order valence-corrected chi connectivity index (χ1v) is 5.29. The SMILES string of the molecule is NC12CCC(CC1)C1CNCC12. The summed E-state index contributed by atoms with van der Waals surface area (Å²) in [6.07, 6.45) is 5.39. The molecule has 2 atom stereocenters. The number of hydrogen-bond donors (Lipinski definition) is 2. The molecule has 0 aromatic carbocycles. The highest BCUT2D eigenvalue weighted by Crippen LogP contribution is 2.51. The van der Waals surface area contributed by atoms with Crippen molar-refractivity contribution in [2.24, 2.45) is 23.5 Å². The van der Waals surface area contributed by atoms with Gasteiger partial charge in [0.25, 0.3) is 0 Å². The maximum absolute atomic E-state index is 6.44. The van der Waals surface area contributed by atoms with Crippen molar-refractivity contribution in [1.82, 2.24) is 5.32 Å². The summed E-state index contributed by atoms with van der Waals surface area (Å²) in [5.41, 5.74) is 6.67. The van der Waals surface area contributed by atoms with E-state index in [0.29, 0.717) is 0 Å². The molecule has 3 aliphatic carbocycles. The fourth-order valence-electron chi connectivity index (χ4n) is 3.80. The molecule has 3 N–H and O–H groups in total. The van der Waals surface area contributed by atoms with E-state index < -0.39 is 0 Å². The third-order valence-corrected chi connectivity index (χ3v) is 4.57. The van der Waals surface area contributed by atoms with Crippen molar-refractivity contribution in [3.63, 3.8) is 0 Å². The largest absolute Gasteiger partial charge is 0.325 e. The van der Waals surface area contributed by atoms with Crippen LogP contribution in [0.15, 0.2) is 0 Å². The van der Waals surface area contributed by atoms with Crippen LogP contribution in [-0.2, 0) is 0 Å². The zero-order valence-corrected chi connectivity index (χ0v) is 7.55. The maximum atomic E-state index is 6.44. The van der Waals surface area contributed by atoms with E-state index in [1.54, 1.807) is 0 Å². The first-order chi connectivity index (χ1) is 5.80. The Balaban J connectivity index is 1.95. The molecule has 1 aliphatic heterocycles. The summed E-state index contributed by atoms with van der Waals surface area (Å²) >= 11 is 0. The van der Waals surface area contributed by atoms with E-state index in [-0.39, 0.29) is 5.54 Å². The van der Waals surface area contributed by atoms with E-state index in [9.17, 15) is 0 Å². The maximum Gasteiger partial charge on any atom is 0.0198 e. The molecule has 2 bridgehead atoms. The minimum Gasteiger partial charge on any atom is -0.325 e. The minimum absolute atomic E-state index is 0.225. The van der Waals surface area contributed by atoms with Crippen LogP contribution in [-0.4, -0.2) is 18.6 Å². The number of rotatable bonds is 0. The van der Waals surface area contributed by atoms with Crippen molar-refractivity contribution >= 4 is 0 Å². The Bertz CT molecular complexity index is 194. The fraction of sp³-hybridized carbons (Fsp3) is 1.00. The number of hydrogen-bond acceptors (Lipinski definition) is 2. The average Bonchev–Trinajstić information content (AvgIpc) is 2.55. The standard InChI is InChI=1S/C10H18N2/c11-10-3-1-7(2-4-10)8-5-12-6-9(8)10/h7-9,12H,1-6,11H2. The van der Waals surface area contributed by atoms with Gasteiger partial charge in [0, 0.05) is 12.1 Å². The van der Waals surface area contributed by atoms with E-state index in [4.69, 9.17) is 5.73 Å². The van der Waals surface area contributed by atoms with Crippen LogP contribution in [0.25, 0.3) is 0 Å². The van der Waals surface area contributed by atoms with Crippen LogP contribution in [0.4, 0.5) is 0 Å². The van der Waals surface area contributed by atoms with Gasteiger partial charge in [0.15, 0.2) is 0 Å². The van der Waals surface area contributed by atoms with Gasteiger partial charge < -0.3 is 11.1 Å². The summed E-state index contributed by atoms with van der Waals surface area (Å²) < 4.78 is 0. The van der Waals surface area contributed by atoms with E-state index in [1.165, 1.54) is 38.8 Å². The van der Waals surface area contributed by atoms with Gasteiger partial charge in [0.05, 0.1) is 0 Å². The van der Waals surface area contributed by atoms with E-state index in [2.05, 4.69) is 5.32 Å². The Hall–Kier alpha value is -0.0800. The van der Waals surface area contributed by atoms with Crippen LogP contribution in [0.2, 0.25) is 0 Å². The molecule has 0 amide bonds. The van der Waals surface area contributed by atoms with Crippen molar-refractivity contribution in [1.29, 1.82) is 0 Å². The number of nitrogens with two attached hydrogens (primary N) is 1. The summed E-state index contributed by atoms with van der Waals surface area (Å²) in [7, 11) is 0. The van der Waals surface area contributed by atoms with Gasteiger partial charge in [-0.2, -0.15) is 0 Å². The lowest BCUT2D eigenvalue weighted by Crippen LogP contribution is -2.58. The Morgan fingerprint density at radius 1 is 1.17 bits per heavy atom. The molecule has 0 spiro atoms. The third-order valence-electron chi connectivity index (χ3n) is 4.57. The molecular weight excluding hydrogens is 148 g/mol. The molecular formula is C10H18N2. The summed E-state index contributed by atoms with van der Waals surface area (Å²) in [6.45, 7) is 2.44. The third kappa shape index (κ3) is 0.775. The molecule has 2 unspecified atom stereocenters. The van der Waals surface area contributed by atoms with Crippen LogP contribution in [0.5, 0.6) is 0 Å². The van der Waals surface area contributed by atoms with Gasteiger partial charge in [0.2, 0.25) is 0 Å². The predicted octanol–water partition coefficient (Wildman–Crippen LogP) is 0.723. The van der Waals surface area contributed by atoms with E-state index in [0.717, 1.165) is 17.8 Å². The van der Waals surface area contributed by atoms with Gasteiger partial charge in [-0.3, -0.25) is 0 Å². The van der Waals surface area contributed by atoms with Crippen molar-refractivity contribution in [3.05, 3.63) is 0 Å². The summed E-state index contributed by atoms with van der Waals surface area (Å²) in [4.78, 5) is 0. The monoisotopic (exact) mass is 166 g/mol. The summed E-state index contributed by atoms with van der Waals surface area (Å²) in [5, 5.41) is 3.51. The molecule has 1 heterocycles. The van der Waals surface area contributed by atoms with Crippen LogP contribution in [0, 0.1) is 17.8 Å². The molecule has 68 valence electrons. The summed E-state index contributed by atoms with van der Waals surface area (Å²) in [5.74, 6) is 2.75.